The summed E-state index contributed by atoms with van der Waals surface area (Å²) in [6.07, 6.45) is 5.35. The van der Waals surface area contributed by atoms with Crippen LogP contribution in [0.5, 0.6) is 0 Å². The molecule has 3 heterocycles. The Kier molecular flexibility index (Phi) is 5.94. The molecule has 0 spiro atoms. The molecule has 0 aromatic carbocycles. The van der Waals surface area contributed by atoms with Crippen LogP contribution in [0.25, 0.3) is 0 Å². The fourth-order valence-corrected chi connectivity index (χ4v) is 4.10. The summed E-state index contributed by atoms with van der Waals surface area (Å²) < 4.78 is 0. The lowest BCUT2D eigenvalue weighted by molar-refractivity contribution is -0.136. The Morgan fingerprint density at radius 2 is 1.88 bits per heavy atom. The van der Waals surface area contributed by atoms with Gasteiger partial charge in [-0.2, -0.15) is 0 Å². The van der Waals surface area contributed by atoms with Crippen molar-refractivity contribution in [1.82, 2.24) is 14.8 Å². The molecule has 2 aliphatic heterocycles. The molecule has 2 saturated heterocycles. The Morgan fingerprint density at radius 1 is 1.12 bits per heavy atom. The van der Waals surface area contributed by atoms with Gasteiger partial charge >= 0.3 is 0 Å². The molecule has 0 aliphatic carbocycles. The van der Waals surface area contributed by atoms with Gasteiger partial charge in [0.2, 0.25) is 5.91 Å². The van der Waals surface area contributed by atoms with E-state index in [0.29, 0.717) is 11.9 Å². The quantitative estimate of drug-likeness (QED) is 0.845. The lowest BCUT2D eigenvalue weighted by atomic mass is 10.0. The maximum Gasteiger partial charge on any atom is 0.225 e. The minimum absolute atomic E-state index is 0.118. The largest absolute Gasteiger partial charge is 0.370 e. The van der Waals surface area contributed by atoms with Gasteiger partial charge < -0.3 is 9.80 Å². The summed E-state index contributed by atoms with van der Waals surface area (Å²) in [6.45, 7) is 12.4. The lowest BCUT2D eigenvalue weighted by Crippen LogP contribution is -2.48. The number of aromatic nitrogens is 1. The topological polar surface area (TPSA) is 39.7 Å². The molecule has 3 rings (SSSR count). The van der Waals surface area contributed by atoms with Crippen molar-refractivity contribution in [3.05, 3.63) is 24.0 Å². The van der Waals surface area contributed by atoms with Gasteiger partial charge in [-0.25, -0.2) is 0 Å². The SMILES string of the molecule is Cc1cc(N2CCCN(C3CCN(C(=O)C(C)C)CC3)CC2)ccn1. The number of piperidine rings is 1. The van der Waals surface area contributed by atoms with Gasteiger partial charge in [0.1, 0.15) is 0 Å². The summed E-state index contributed by atoms with van der Waals surface area (Å²) in [7, 11) is 0. The number of hydrogen-bond donors (Lipinski definition) is 0. The third-order valence-electron chi connectivity index (χ3n) is 5.56. The smallest absolute Gasteiger partial charge is 0.225 e. The summed E-state index contributed by atoms with van der Waals surface area (Å²) in [5.74, 6) is 0.431. The van der Waals surface area contributed by atoms with Gasteiger partial charge in [-0.15, -0.1) is 0 Å². The van der Waals surface area contributed by atoms with E-state index < -0.39 is 0 Å². The minimum atomic E-state index is 0.118. The molecular weight excluding hydrogens is 312 g/mol. The van der Waals surface area contributed by atoms with E-state index >= 15 is 0 Å². The molecule has 0 saturated carbocycles. The Morgan fingerprint density at radius 3 is 2.56 bits per heavy atom. The van der Waals surface area contributed by atoms with Gasteiger partial charge in [0.05, 0.1) is 0 Å². The normalized spacial score (nSPS) is 20.8. The molecule has 0 unspecified atom stereocenters. The van der Waals surface area contributed by atoms with Crippen LogP contribution in [0.1, 0.15) is 38.8 Å². The number of likely N-dealkylation sites (tertiary alicyclic amines) is 1. The fourth-order valence-electron chi connectivity index (χ4n) is 4.10. The zero-order valence-corrected chi connectivity index (χ0v) is 15.9. The second-order valence-electron chi connectivity index (χ2n) is 7.74. The summed E-state index contributed by atoms with van der Waals surface area (Å²) in [5, 5.41) is 0. The van der Waals surface area contributed by atoms with Crippen LogP contribution in [-0.2, 0) is 4.79 Å². The third kappa shape index (κ3) is 4.51. The molecule has 2 aliphatic rings. The van der Waals surface area contributed by atoms with Gasteiger partial charge in [-0.3, -0.25) is 14.7 Å². The Hall–Kier alpha value is -1.62. The highest BCUT2D eigenvalue weighted by Gasteiger charge is 2.28. The van der Waals surface area contributed by atoms with Crippen LogP contribution in [0.15, 0.2) is 18.3 Å². The number of carbonyl (C=O) groups is 1. The highest BCUT2D eigenvalue weighted by molar-refractivity contribution is 5.78. The first-order chi connectivity index (χ1) is 12.0. The zero-order chi connectivity index (χ0) is 17.8. The zero-order valence-electron chi connectivity index (χ0n) is 15.9. The van der Waals surface area contributed by atoms with E-state index in [1.807, 2.05) is 20.0 Å². The van der Waals surface area contributed by atoms with Gasteiger partial charge in [0.25, 0.3) is 0 Å². The second-order valence-corrected chi connectivity index (χ2v) is 7.74. The van der Waals surface area contributed by atoms with E-state index in [4.69, 9.17) is 0 Å². The molecule has 0 bridgehead atoms. The van der Waals surface area contributed by atoms with Crippen molar-refractivity contribution in [2.24, 2.45) is 5.92 Å². The molecule has 1 aromatic rings. The molecule has 1 aromatic heterocycles. The molecule has 5 nitrogen and oxygen atoms in total. The van der Waals surface area contributed by atoms with Crippen molar-refractivity contribution in [2.45, 2.75) is 46.1 Å². The van der Waals surface area contributed by atoms with Crippen molar-refractivity contribution < 1.29 is 4.79 Å². The first-order valence-electron chi connectivity index (χ1n) is 9.75. The predicted octanol–water partition coefficient (Wildman–Crippen LogP) is 2.55. The number of pyridine rings is 1. The van der Waals surface area contributed by atoms with Crippen molar-refractivity contribution >= 4 is 11.6 Å². The molecule has 0 N–H and O–H groups in total. The minimum Gasteiger partial charge on any atom is -0.370 e. The number of rotatable bonds is 3. The molecule has 0 radical (unpaired) electrons. The van der Waals surface area contributed by atoms with E-state index in [-0.39, 0.29) is 5.92 Å². The number of amides is 1. The molecule has 1 amide bonds. The summed E-state index contributed by atoms with van der Waals surface area (Å²) in [6, 6.07) is 4.94. The van der Waals surface area contributed by atoms with Crippen molar-refractivity contribution in [1.29, 1.82) is 0 Å². The fraction of sp³-hybridized carbons (Fsp3) is 0.700. The maximum atomic E-state index is 12.2. The van der Waals surface area contributed by atoms with E-state index in [2.05, 4.69) is 38.7 Å². The first-order valence-corrected chi connectivity index (χ1v) is 9.75. The van der Waals surface area contributed by atoms with E-state index in [1.54, 1.807) is 0 Å². The number of carbonyl (C=O) groups excluding carboxylic acids is 1. The molecule has 0 atom stereocenters. The monoisotopic (exact) mass is 344 g/mol. The van der Waals surface area contributed by atoms with Crippen LogP contribution in [0.2, 0.25) is 0 Å². The van der Waals surface area contributed by atoms with Crippen LogP contribution >= 0.6 is 0 Å². The maximum absolute atomic E-state index is 12.2. The van der Waals surface area contributed by atoms with E-state index in [9.17, 15) is 4.79 Å². The first kappa shape index (κ1) is 18.2. The molecule has 25 heavy (non-hydrogen) atoms. The lowest BCUT2D eigenvalue weighted by Gasteiger charge is -2.38. The Bertz CT molecular complexity index is 581. The van der Waals surface area contributed by atoms with E-state index in [1.165, 1.54) is 18.7 Å². The average Bonchev–Trinajstić information content (AvgIpc) is 2.87. The van der Waals surface area contributed by atoms with Crippen molar-refractivity contribution in [3.63, 3.8) is 0 Å². The number of anilines is 1. The number of aryl methyl sites for hydroxylation is 1. The van der Waals surface area contributed by atoms with E-state index in [0.717, 1.165) is 51.3 Å². The number of nitrogens with zero attached hydrogens (tertiary/aromatic N) is 4. The Labute approximate surface area is 152 Å². The highest BCUT2D eigenvalue weighted by Crippen LogP contribution is 2.22. The van der Waals surface area contributed by atoms with Gasteiger partial charge in [0, 0.05) is 68.8 Å². The van der Waals surface area contributed by atoms with Gasteiger partial charge in [-0.1, -0.05) is 13.8 Å². The summed E-state index contributed by atoms with van der Waals surface area (Å²) in [5.41, 5.74) is 2.38. The molecule has 5 heteroatoms. The summed E-state index contributed by atoms with van der Waals surface area (Å²) in [4.78, 5) is 23.7. The Balaban J connectivity index is 1.53. The van der Waals surface area contributed by atoms with Crippen molar-refractivity contribution in [2.75, 3.05) is 44.2 Å². The van der Waals surface area contributed by atoms with Crippen LogP contribution in [0, 0.1) is 12.8 Å². The van der Waals surface area contributed by atoms with Gasteiger partial charge in [0.15, 0.2) is 0 Å². The van der Waals surface area contributed by atoms with Crippen LogP contribution in [0.3, 0.4) is 0 Å². The van der Waals surface area contributed by atoms with Crippen LogP contribution in [0.4, 0.5) is 5.69 Å². The van der Waals surface area contributed by atoms with Crippen LogP contribution in [-0.4, -0.2) is 66.0 Å². The molecule has 138 valence electrons. The standard InChI is InChI=1S/C20H32N4O/c1-16(2)20(25)24-11-6-18(7-12-24)22-9-4-10-23(14-13-22)19-5-8-21-17(3)15-19/h5,8,15-16,18H,4,6-7,9-14H2,1-3H3. The van der Waals surface area contributed by atoms with Gasteiger partial charge in [-0.05, 0) is 38.3 Å². The average molecular weight is 345 g/mol. The van der Waals surface area contributed by atoms with Crippen LogP contribution < -0.4 is 4.90 Å². The summed E-state index contributed by atoms with van der Waals surface area (Å²) >= 11 is 0. The highest BCUT2D eigenvalue weighted by atomic mass is 16.2. The second kappa shape index (κ2) is 8.17. The van der Waals surface area contributed by atoms with Crippen molar-refractivity contribution in [3.8, 4) is 0 Å². The predicted molar refractivity (Wildman–Crippen MR) is 102 cm³/mol. The number of hydrogen-bond acceptors (Lipinski definition) is 4. The molecule has 2 fully saturated rings. The third-order valence-corrected chi connectivity index (χ3v) is 5.56. The molecular formula is C20H32N4O.